The summed E-state index contributed by atoms with van der Waals surface area (Å²) in [7, 11) is 0. The van der Waals surface area contributed by atoms with Gasteiger partial charge >= 0.3 is 5.97 Å². The summed E-state index contributed by atoms with van der Waals surface area (Å²) < 4.78 is 1.44. The Bertz CT molecular complexity index is 1190. The van der Waals surface area contributed by atoms with Gasteiger partial charge in [0.15, 0.2) is 0 Å². The van der Waals surface area contributed by atoms with Crippen LogP contribution in [0, 0.1) is 12.8 Å². The number of carbonyl (C=O) groups is 3. The number of carbonyl (C=O) groups excluding carboxylic acids is 2. The van der Waals surface area contributed by atoms with Gasteiger partial charge in [-0.3, -0.25) is 19.0 Å². The van der Waals surface area contributed by atoms with Crippen LogP contribution in [0.15, 0.2) is 36.4 Å². The molecule has 162 valence electrons. The van der Waals surface area contributed by atoms with Crippen molar-refractivity contribution < 1.29 is 24.6 Å². The lowest BCUT2D eigenvalue weighted by Crippen LogP contribution is -2.32. The third-order valence-electron chi connectivity index (χ3n) is 5.07. The number of aromatic hydroxyl groups is 1. The van der Waals surface area contributed by atoms with Crippen LogP contribution in [0.3, 0.4) is 0 Å². The highest BCUT2D eigenvalue weighted by Gasteiger charge is 2.24. The first-order valence-corrected chi connectivity index (χ1v) is 10.2. The van der Waals surface area contributed by atoms with E-state index in [1.807, 2.05) is 0 Å². The molecule has 7 nitrogen and oxygen atoms in total. The fourth-order valence-corrected chi connectivity index (χ4v) is 3.70. The number of rotatable bonds is 6. The number of halogens is 2. The molecule has 0 aliphatic rings. The van der Waals surface area contributed by atoms with Crippen molar-refractivity contribution in [2.24, 2.45) is 5.92 Å². The molecule has 1 amide bonds. The first-order valence-electron chi connectivity index (χ1n) is 9.43. The zero-order valence-electron chi connectivity index (χ0n) is 16.8. The number of hydrogen-bond acceptors (Lipinski definition) is 4. The molecule has 0 aliphatic carbocycles. The van der Waals surface area contributed by atoms with Gasteiger partial charge in [0.1, 0.15) is 5.75 Å². The highest BCUT2D eigenvalue weighted by atomic mass is 35.5. The topological polar surface area (TPSA) is 109 Å². The highest BCUT2D eigenvalue weighted by Crippen LogP contribution is 2.38. The third kappa shape index (κ3) is 4.52. The van der Waals surface area contributed by atoms with Crippen molar-refractivity contribution in [2.45, 2.75) is 20.3 Å². The third-order valence-corrected chi connectivity index (χ3v) is 5.71. The summed E-state index contributed by atoms with van der Waals surface area (Å²) in [4.78, 5) is 36.7. The molecule has 1 aromatic heterocycles. The molecule has 1 heterocycles. The first-order chi connectivity index (χ1) is 14.6. The van der Waals surface area contributed by atoms with Crippen LogP contribution in [-0.2, 0) is 16.0 Å². The molecule has 1 atom stereocenters. The van der Waals surface area contributed by atoms with Crippen molar-refractivity contribution in [3.8, 4) is 5.75 Å². The van der Waals surface area contributed by atoms with E-state index in [9.17, 15) is 19.5 Å². The predicted octanol–water partition coefficient (Wildman–Crippen LogP) is 4.03. The SMILES string of the molecule is Cc1c(CC(=O)NCC(C)C(=O)O)c2c(Cl)c(O)ccc2n1C(=O)c1ccc(Cl)cc1. The smallest absolute Gasteiger partial charge is 0.308 e. The van der Waals surface area contributed by atoms with Gasteiger partial charge < -0.3 is 15.5 Å². The van der Waals surface area contributed by atoms with Crippen molar-refractivity contribution in [1.82, 2.24) is 9.88 Å². The number of carboxylic acids is 1. The lowest BCUT2D eigenvalue weighted by Gasteiger charge is -2.09. The molecule has 3 aromatic rings. The summed E-state index contributed by atoms with van der Waals surface area (Å²) >= 11 is 12.3. The van der Waals surface area contributed by atoms with E-state index in [0.717, 1.165) is 0 Å². The van der Waals surface area contributed by atoms with Crippen LogP contribution in [0.1, 0.15) is 28.5 Å². The number of benzene rings is 2. The van der Waals surface area contributed by atoms with Gasteiger partial charge in [-0.05, 0) is 48.9 Å². The molecule has 31 heavy (non-hydrogen) atoms. The number of carboxylic acid groups (broad SMARTS) is 1. The molecule has 0 saturated carbocycles. The maximum Gasteiger partial charge on any atom is 0.308 e. The van der Waals surface area contributed by atoms with E-state index in [4.69, 9.17) is 28.3 Å². The molecule has 0 fully saturated rings. The van der Waals surface area contributed by atoms with Crippen LogP contribution >= 0.6 is 23.2 Å². The Morgan fingerprint density at radius 3 is 2.35 bits per heavy atom. The minimum atomic E-state index is -1.02. The van der Waals surface area contributed by atoms with E-state index in [-0.39, 0.29) is 29.6 Å². The molecule has 0 aliphatic heterocycles. The molecule has 0 bridgehead atoms. The Kier molecular flexibility index (Phi) is 6.57. The van der Waals surface area contributed by atoms with Crippen LogP contribution in [-0.4, -0.2) is 39.1 Å². The van der Waals surface area contributed by atoms with Crippen LogP contribution in [0.2, 0.25) is 10.0 Å². The van der Waals surface area contributed by atoms with Crippen molar-refractivity contribution in [2.75, 3.05) is 6.54 Å². The summed E-state index contributed by atoms with van der Waals surface area (Å²) in [5, 5.41) is 22.6. The number of fused-ring (bicyclic) bond motifs is 1. The number of aromatic nitrogens is 1. The second-order valence-electron chi connectivity index (χ2n) is 7.22. The van der Waals surface area contributed by atoms with Gasteiger partial charge in [0.2, 0.25) is 5.91 Å². The average molecular weight is 463 g/mol. The molecule has 1 unspecified atom stereocenters. The molecule has 0 radical (unpaired) electrons. The summed E-state index contributed by atoms with van der Waals surface area (Å²) in [6.07, 6.45) is -0.140. The molecular weight excluding hydrogens is 443 g/mol. The molecule has 3 rings (SSSR count). The van der Waals surface area contributed by atoms with Crippen molar-refractivity contribution in [3.63, 3.8) is 0 Å². The molecular formula is C22H20Cl2N2O5. The second kappa shape index (κ2) is 8.99. The minimum absolute atomic E-state index is 0.0324. The fourth-order valence-electron chi connectivity index (χ4n) is 3.30. The number of nitrogens with zero attached hydrogens (tertiary/aromatic N) is 1. The summed E-state index contributed by atoms with van der Waals surface area (Å²) in [6.45, 7) is 3.14. The summed E-state index contributed by atoms with van der Waals surface area (Å²) in [5.74, 6) is -2.70. The van der Waals surface area contributed by atoms with E-state index in [1.165, 1.54) is 17.6 Å². The number of aliphatic carboxylic acids is 1. The molecule has 0 spiro atoms. The normalized spacial score (nSPS) is 12.0. The zero-order valence-corrected chi connectivity index (χ0v) is 18.3. The van der Waals surface area contributed by atoms with Crippen LogP contribution < -0.4 is 5.32 Å². The van der Waals surface area contributed by atoms with Crippen LogP contribution in [0.25, 0.3) is 10.9 Å². The van der Waals surface area contributed by atoms with E-state index in [0.29, 0.717) is 32.7 Å². The predicted molar refractivity (Wildman–Crippen MR) is 118 cm³/mol. The van der Waals surface area contributed by atoms with Gasteiger partial charge in [-0.15, -0.1) is 0 Å². The summed E-state index contributed by atoms with van der Waals surface area (Å²) in [5.41, 5.74) is 1.80. The summed E-state index contributed by atoms with van der Waals surface area (Å²) in [6, 6.07) is 9.34. The van der Waals surface area contributed by atoms with Crippen molar-refractivity contribution in [1.29, 1.82) is 0 Å². The van der Waals surface area contributed by atoms with Gasteiger partial charge in [-0.2, -0.15) is 0 Å². The first kappa shape index (κ1) is 22.7. The molecule has 0 saturated heterocycles. The number of phenolic OH excluding ortho intramolecular Hbond substituents is 1. The van der Waals surface area contributed by atoms with E-state index in [1.54, 1.807) is 37.3 Å². The van der Waals surface area contributed by atoms with Gasteiger partial charge in [-0.1, -0.05) is 30.1 Å². The van der Waals surface area contributed by atoms with Crippen molar-refractivity contribution >= 4 is 51.9 Å². The number of hydrogen-bond donors (Lipinski definition) is 3. The average Bonchev–Trinajstić information content (AvgIpc) is 3.00. The Balaban J connectivity index is 2.05. The Morgan fingerprint density at radius 1 is 1.10 bits per heavy atom. The Morgan fingerprint density at radius 2 is 1.74 bits per heavy atom. The maximum atomic E-state index is 13.2. The van der Waals surface area contributed by atoms with E-state index >= 15 is 0 Å². The standard InChI is InChI=1S/C22H20Cl2N2O5/c1-11(22(30)31)10-25-18(28)9-15-12(2)26(16-7-8-17(27)20(24)19(15)16)21(29)13-3-5-14(23)6-4-13/h3-8,11,27H,9-10H2,1-2H3,(H,25,28)(H,30,31). The largest absolute Gasteiger partial charge is 0.506 e. The molecule has 2 aromatic carbocycles. The Labute approximate surface area is 188 Å². The number of nitrogens with one attached hydrogen (secondary N) is 1. The Hall–Kier alpha value is -3.03. The minimum Gasteiger partial charge on any atom is -0.506 e. The lowest BCUT2D eigenvalue weighted by molar-refractivity contribution is -0.141. The molecule has 9 heteroatoms. The van der Waals surface area contributed by atoms with Crippen molar-refractivity contribution in [3.05, 3.63) is 63.3 Å². The van der Waals surface area contributed by atoms with Gasteiger partial charge in [0.05, 0.1) is 22.9 Å². The highest BCUT2D eigenvalue weighted by molar-refractivity contribution is 6.37. The van der Waals surface area contributed by atoms with Gasteiger partial charge in [0, 0.05) is 28.2 Å². The zero-order chi connectivity index (χ0) is 22.9. The quantitative estimate of drug-likeness (QED) is 0.512. The van der Waals surface area contributed by atoms with Gasteiger partial charge in [0.25, 0.3) is 5.91 Å². The fraction of sp³-hybridized carbons (Fsp3) is 0.227. The molecule has 3 N–H and O–H groups in total. The van der Waals surface area contributed by atoms with Crippen LogP contribution in [0.4, 0.5) is 0 Å². The van der Waals surface area contributed by atoms with E-state index < -0.39 is 17.8 Å². The second-order valence-corrected chi connectivity index (χ2v) is 8.04. The van der Waals surface area contributed by atoms with Gasteiger partial charge in [-0.25, -0.2) is 0 Å². The number of amides is 1. The monoisotopic (exact) mass is 462 g/mol. The van der Waals surface area contributed by atoms with Crippen LogP contribution in [0.5, 0.6) is 5.75 Å². The maximum absolute atomic E-state index is 13.2. The lowest BCUT2D eigenvalue weighted by atomic mass is 10.1. The van der Waals surface area contributed by atoms with E-state index in [2.05, 4.69) is 5.32 Å². The number of phenols is 1.